The highest BCUT2D eigenvalue weighted by molar-refractivity contribution is 7.99. The van der Waals surface area contributed by atoms with Crippen LogP contribution in [0.5, 0.6) is 0 Å². The molecule has 12 heteroatoms. The number of sulfonamides is 1. The van der Waals surface area contributed by atoms with Gasteiger partial charge in [0.1, 0.15) is 0 Å². The molecule has 10 nitrogen and oxygen atoms in total. The van der Waals surface area contributed by atoms with E-state index in [0.717, 1.165) is 56.4 Å². The molecule has 3 aliphatic rings. The number of tetrazole rings is 1. The largest absolute Gasteiger partial charge is 0.376 e. The van der Waals surface area contributed by atoms with Gasteiger partial charge in [-0.05, 0) is 72.7 Å². The lowest BCUT2D eigenvalue weighted by molar-refractivity contribution is -0.116. The number of rotatable bonds is 7. The highest BCUT2D eigenvalue weighted by Crippen LogP contribution is 2.32. The van der Waals surface area contributed by atoms with Crippen molar-refractivity contribution < 1.29 is 17.9 Å². The summed E-state index contributed by atoms with van der Waals surface area (Å²) in [6.45, 7) is 3.13. The SMILES string of the molecule is O=C(CSc1nnnn1C[C@H]1CCCO1)N1CCCc2cc(S(=O)(=O)N3CCCC3)ccc21. The van der Waals surface area contributed by atoms with E-state index in [0.29, 0.717) is 36.2 Å². The second kappa shape index (κ2) is 9.69. The fourth-order valence-corrected chi connectivity index (χ4v) is 7.00. The van der Waals surface area contributed by atoms with Crippen LogP contribution in [0.25, 0.3) is 0 Å². The zero-order valence-corrected chi connectivity index (χ0v) is 20.1. The van der Waals surface area contributed by atoms with E-state index < -0.39 is 10.0 Å². The second-order valence-electron chi connectivity index (χ2n) is 8.62. The molecule has 0 radical (unpaired) electrons. The first-order valence-electron chi connectivity index (χ1n) is 11.5. The number of thioether (sulfide) groups is 1. The van der Waals surface area contributed by atoms with Gasteiger partial charge in [0.15, 0.2) is 0 Å². The van der Waals surface area contributed by atoms with Crippen molar-refractivity contribution in [3.8, 4) is 0 Å². The van der Waals surface area contributed by atoms with Crippen molar-refractivity contribution in [2.45, 2.75) is 61.2 Å². The monoisotopic (exact) mass is 492 g/mol. The molecule has 178 valence electrons. The Morgan fingerprint density at radius 2 is 2.00 bits per heavy atom. The lowest BCUT2D eigenvalue weighted by Gasteiger charge is -2.30. The standard InChI is InChI=1S/C21H28N6O4S2/c28-20(15-32-21-22-23-24-27(21)14-17-6-4-12-31-17)26-11-3-5-16-13-18(7-8-19(16)26)33(29,30)25-9-1-2-10-25/h7-8,13,17H,1-6,9-12,14-15H2/t17-/m1/s1. The number of hydrogen-bond acceptors (Lipinski definition) is 8. The zero-order valence-electron chi connectivity index (χ0n) is 18.4. The Balaban J connectivity index is 1.27. The summed E-state index contributed by atoms with van der Waals surface area (Å²) in [6, 6.07) is 5.16. The first kappa shape index (κ1) is 22.8. The smallest absolute Gasteiger partial charge is 0.243 e. The first-order chi connectivity index (χ1) is 16.0. The van der Waals surface area contributed by atoms with Gasteiger partial charge >= 0.3 is 0 Å². The van der Waals surface area contributed by atoms with Crippen molar-refractivity contribution >= 4 is 33.4 Å². The Labute approximate surface area is 197 Å². The molecule has 1 aromatic carbocycles. The molecule has 2 saturated heterocycles. The van der Waals surface area contributed by atoms with Crippen LogP contribution in [0.4, 0.5) is 5.69 Å². The summed E-state index contributed by atoms with van der Waals surface area (Å²) in [7, 11) is -3.47. The average molecular weight is 493 g/mol. The van der Waals surface area contributed by atoms with Gasteiger partial charge in [0.05, 0.1) is 23.3 Å². The van der Waals surface area contributed by atoms with Gasteiger partial charge in [0, 0.05) is 31.9 Å². The first-order valence-corrected chi connectivity index (χ1v) is 13.9. The Kier molecular flexibility index (Phi) is 6.68. The van der Waals surface area contributed by atoms with E-state index in [2.05, 4.69) is 15.5 Å². The van der Waals surface area contributed by atoms with Crippen LogP contribution in [-0.2, 0) is 32.5 Å². The molecule has 0 saturated carbocycles. The fraction of sp³-hybridized carbons (Fsp3) is 0.619. The Hall–Kier alpha value is -2.02. The van der Waals surface area contributed by atoms with Gasteiger partial charge in [-0.3, -0.25) is 4.79 Å². The molecule has 0 spiro atoms. The molecule has 0 aliphatic carbocycles. The van der Waals surface area contributed by atoms with Gasteiger partial charge in [0.2, 0.25) is 21.1 Å². The fourth-order valence-electron chi connectivity index (χ4n) is 4.67. The summed E-state index contributed by atoms with van der Waals surface area (Å²) in [5.74, 6) is 0.168. The van der Waals surface area contributed by atoms with Crippen molar-refractivity contribution in [3.05, 3.63) is 23.8 Å². The quantitative estimate of drug-likeness (QED) is 0.537. The van der Waals surface area contributed by atoms with Gasteiger partial charge in [-0.25, -0.2) is 13.1 Å². The van der Waals surface area contributed by atoms with E-state index >= 15 is 0 Å². The third kappa shape index (κ3) is 4.79. The molecule has 4 heterocycles. The van der Waals surface area contributed by atoms with E-state index in [9.17, 15) is 13.2 Å². The minimum Gasteiger partial charge on any atom is -0.376 e. The molecule has 2 fully saturated rings. The Bertz CT molecular complexity index is 1110. The predicted octanol–water partition coefficient (Wildman–Crippen LogP) is 1.71. The van der Waals surface area contributed by atoms with Gasteiger partial charge < -0.3 is 9.64 Å². The molecule has 0 unspecified atom stereocenters. The second-order valence-corrected chi connectivity index (χ2v) is 11.5. The number of anilines is 1. The number of carbonyl (C=O) groups is 1. The van der Waals surface area contributed by atoms with E-state index in [1.54, 1.807) is 32.1 Å². The minimum atomic E-state index is -3.47. The number of carbonyl (C=O) groups excluding carboxylic acids is 1. The lowest BCUT2D eigenvalue weighted by atomic mass is 10.0. The van der Waals surface area contributed by atoms with Crippen LogP contribution in [0.15, 0.2) is 28.3 Å². The van der Waals surface area contributed by atoms with Crippen LogP contribution in [-0.4, -0.2) is 76.9 Å². The van der Waals surface area contributed by atoms with E-state index in [4.69, 9.17) is 4.74 Å². The molecule has 0 bridgehead atoms. The number of amides is 1. The number of aryl methyl sites for hydroxylation is 1. The number of hydrogen-bond donors (Lipinski definition) is 0. The van der Waals surface area contributed by atoms with Crippen molar-refractivity contribution in [2.75, 3.05) is 36.9 Å². The summed E-state index contributed by atoms with van der Waals surface area (Å²) < 4.78 is 34.8. The van der Waals surface area contributed by atoms with Gasteiger partial charge in [-0.15, -0.1) is 5.10 Å². The molecule has 3 aliphatic heterocycles. The zero-order chi connectivity index (χ0) is 22.8. The molecular weight excluding hydrogens is 464 g/mol. The highest BCUT2D eigenvalue weighted by Gasteiger charge is 2.30. The molecule has 0 N–H and O–H groups in total. The van der Waals surface area contributed by atoms with Crippen LogP contribution in [0.3, 0.4) is 0 Å². The van der Waals surface area contributed by atoms with E-state index in [1.165, 1.54) is 11.8 Å². The van der Waals surface area contributed by atoms with E-state index in [-0.39, 0.29) is 17.8 Å². The molecule has 2 aromatic rings. The Morgan fingerprint density at radius 3 is 2.79 bits per heavy atom. The summed E-state index contributed by atoms with van der Waals surface area (Å²) in [4.78, 5) is 15.2. The number of nitrogens with zero attached hydrogens (tertiary/aromatic N) is 6. The Morgan fingerprint density at radius 1 is 1.15 bits per heavy atom. The van der Waals surface area contributed by atoms with Crippen LogP contribution >= 0.6 is 11.8 Å². The summed E-state index contributed by atoms with van der Waals surface area (Å²) in [5.41, 5.74) is 1.70. The maximum absolute atomic E-state index is 13.1. The third-order valence-electron chi connectivity index (χ3n) is 6.40. The summed E-state index contributed by atoms with van der Waals surface area (Å²) in [6.07, 6.45) is 5.51. The summed E-state index contributed by atoms with van der Waals surface area (Å²) in [5, 5.41) is 12.5. The van der Waals surface area contributed by atoms with Gasteiger partial charge in [0.25, 0.3) is 0 Å². The predicted molar refractivity (Wildman–Crippen MR) is 123 cm³/mol. The van der Waals surface area contributed by atoms with Crippen LogP contribution < -0.4 is 4.90 Å². The third-order valence-corrected chi connectivity index (χ3v) is 9.23. The van der Waals surface area contributed by atoms with Crippen LogP contribution in [0.1, 0.15) is 37.7 Å². The highest BCUT2D eigenvalue weighted by atomic mass is 32.2. The molecule has 1 atom stereocenters. The topological polar surface area (TPSA) is 111 Å². The normalized spacial score (nSPS) is 21.5. The van der Waals surface area contributed by atoms with E-state index in [1.807, 2.05) is 0 Å². The molecule has 5 rings (SSSR count). The van der Waals surface area contributed by atoms with Crippen LogP contribution in [0.2, 0.25) is 0 Å². The van der Waals surface area contributed by atoms with Gasteiger partial charge in [-0.2, -0.15) is 4.31 Å². The molecule has 1 amide bonds. The molecule has 1 aromatic heterocycles. The molecule has 33 heavy (non-hydrogen) atoms. The van der Waals surface area contributed by atoms with Crippen molar-refractivity contribution in [3.63, 3.8) is 0 Å². The number of fused-ring (bicyclic) bond motifs is 1. The van der Waals surface area contributed by atoms with Crippen molar-refractivity contribution in [2.24, 2.45) is 0 Å². The van der Waals surface area contributed by atoms with Crippen molar-refractivity contribution in [1.82, 2.24) is 24.5 Å². The maximum atomic E-state index is 13.1. The number of ether oxygens (including phenoxy) is 1. The molecular formula is C21H28N6O4S2. The van der Waals surface area contributed by atoms with Crippen molar-refractivity contribution in [1.29, 1.82) is 0 Å². The van der Waals surface area contributed by atoms with Crippen LogP contribution in [0, 0.1) is 0 Å². The number of benzene rings is 1. The summed E-state index contributed by atoms with van der Waals surface area (Å²) >= 11 is 1.32. The lowest BCUT2D eigenvalue weighted by Crippen LogP contribution is -2.37. The minimum absolute atomic E-state index is 0.0391. The maximum Gasteiger partial charge on any atom is 0.243 e. The van der Waals surface area contributed by atoms with Gasteiger partial charge in [-0.1, -0.05) is 11.8 Å². The number of aromatic nitrogens is 4. The average Bonchev–Trinajstić information content (AvgIpc) is 3.60.